The number of carbonyl (C=O) groups is 1. The first-order valence-corrected chi connectivity index (χ1v) is 9.26. The first-order chi connectivity index (χ1) is 12.4. The number of para-hydroxylation sites is 1. The SMILES string of the molecule is C=CCOCCNC(=O)c1ccc(S(=O)(=O)Nc2ccccc2F)cc1. The van der Waals surface area contributed by atoms with E-state index in [9.17, 15) is 17.6 Å². The molecule has 0 radical (unpaired) electrons. The van der Waals surface area contributed by atoms with Crippen molar-refractivity contribution < 1.29 is 22.3 Å². The van der Waals surface area contributed by atoms with Crippen molar-refractivity contribution in [1.29, 1.82) is 0 Å². The molecule has 8 heteroatoms. The zero-order valence-electron chi connectivity index (χ0n) is 13.9. The van der Waals surface area contributed by atoms with E-state index in [4.69, 9.17) is 4.74 Å². The van der Waals surface area contributed by atoms with Crippen LogP contribution in [-0.4, -0.2) is 34.1 Å². The average molecular weight is 378 g/mol. The number of rotatable bonds is 9. The zero-order valence-corrected chi connectivity index (χ0v) is 14.8. The first-order valence-electron chi connectivity index (χ1n) is 7.78. The van der Waals surface area contributed by atoms with E-state index in [2.05, 4.69) is 16.6 Å². The minimum Gasteiger partial charge on any atom is -0.376 e. The number of anilines is 1. The van der Waals surface area contributed by atoms with E-state index in [0.717, 1.165) is 6.07 Å². The lowest BCUT2D eigenvalue weighted by atomic mass is 10.2. The van der Waals surface area contributed by atoms with E-state index in [-0.39, 0.29) is 16.5 Å². The molecular formula is C18H19FN2O4S. The monoisotopic (exact) mass is 378 g/mol. The maximum absolute atomic E-state index is 13.6. The number of hydrogen-bond acceptors (Lipinski definition) is 4. The lowest BCUT2D eigenvalue weighted by Gasteiger charge is -2.10. The number of sulfonamides is 1. The van der Waals surface area contributed by atoms with Crippen LogP contribution in [0.25, 0.3) is 0 Å². The molecule has 0 saturated carbocycles. The predicted octanol–water partition coefficient (Wildman–Crippen LogP) is 2.56. The molecule has 2 aromatic rings. The van der Waals surface area contributed by atoms with Gasteiger partial charge in [-0.05, 0) is 36.4 Å². The molecule has 0 aliphatic rings. The van der Waals surface area contributed by atoms with Gasteiger partial charge in [0.05, 0.1) is 23.8 Å². The second-order valence-corrected chi connectivity index (χ2v) is 6.91. The smallest absolute Gasteiger partial charge is 0.261 e. The molecule has 0 heterocycles. The molecule has 0 bridgehead atoms. The molecule has 2 aromatic carbocycles. The van der Waals surface area contributed by atoms with Crippen LogP contribution in [0.5, 0.6) is 0 Å². The van der Waals surface area contributed by atoms with Crippen LogP contribution in [0.2, 0.25) is 0 Å². The van der Waals surface area contributed by atoms with E-state index >= 15 is 0 Å². The number of ether oxygens (including phenoxy) is 1. The van der Waals surface area contributed by atoms with Crippen molar-refractivity contribution in [2.24, 2.45) is 0 Å². The maximum Gasteiger partial charge on any atom is 0.261 e. The molecule has 138 valence electrons. The van der Waals surface area contributed by atoms with Gasteiger partial charge in [0, 0.05) is 12.1 Å². The Balaban J connectivity index is 2.00. The highest BCUT2D eigenvalue weighted by Crippen LogP contribution is 2.19. The minimum absolute atomic E-state index is 0.0772. The van der Waals surface area contributed by atoms with Crippen molar-refractivity contribution in [3.05, 3.63) is 72.6 Å². The fourth-order valence-corrected chi connectivity index (χ4v) is 3.11. The fraction of sp³-hybridized carbons (Fsp3) is 0.167. The summed E-state index contributed by atoms with van der Waals surface area (Å²) < 4.78 is 45.5. The highest BCUT2D eigenvalue weighted by atomic mass is 32.2. The van der Waals surface area contributed by atoms with Gasteiger partial charge in [0.15, 0.2) is 0 Å². The summed E-state index contributed by atoms with van der Waals surface area (Å²) in [5.74, 6) is -1.02. The van der Waals surface area contributed by atoms with E-state index in [1.54, 1.807) is 6.08 Å². The lowest BCUT2D eigenvalue weighted by Crippen LogP contribution is -2.27. The van der Waals surface area contributed by atoms with Crippen LogP contribution >= 0.6 is 0 Å². The first kappa shape index (κ1) is 19.6. The Morgan fingerprint density at radius 3 is 2.50 bits per heavy atom. The number of amides is 1. The molecule has 0 unspecified atom stereocenters. The summed E-state index contributed by atoms with van der Waals surface area (Å²) in [6.45, 7) is 4.58. The lowest BCUT2D eigenvalue weighted by molar-refractivity contribution is 0.0928. The molecule has 1 amide bonds. The van der Waals surface area contributed by atoms with Crippen LogP contribution in [0.4, 0.5) is 10.1 Å². The molecule has 0 aliphatic carbocycles. The normalized spacial score (nSPS) is 11.0. The van der Waals surface area contributed by atoms with Gasteiger partial charge in [0.2, 0.25) is 0 Å². The topological polar surface area (TPSA) is 84.5 Å². The van der Waals surface area contributed by atoms with Gasteiger partial charge in [0.1, 0.15) is 5.82 Å². The Morgan fingerprint density at radius 1 is 1.15 bits per heavy atom. The van der Waals surface area contributed by atoms with Crippen molar-refractivity contribution in [2.75, 3.05) is 24.5 Å². The van der Waals surface area contributed by atoms with Crippen LogP contribution in [0, 0.1) is 5.82 Å². The van der Waals surface area contributed by atoms with Gasteiger partial charge < -0.3 is 10.1 Å². The van der Waals surface area contributed by atoms with Gasteiger partial charge in [-0.25, -0.2) is 12.8 Å². The summed E-state index contributed by atoms with van der Waals surface area (Å²) in [5.41, 5.74) is 0.160. The zero-order chi connectivity index (χ0) is 19.0. The summed E-state index contributed by atoms with van der Waals surface area (Å²) in [7, 11) is -3.96. The summed E-state index contributed by atoms with van der Waals surface area (Å²) in [6.07, 6.45) is 1.61. The van der Waals surface area contributed by atoms with Crippen LogP contribution < -0.4 is 10.0 Å². The second-order valence-electron chi connectivity index (χ2n) is 5.23. The van der Waals surface area contributed by atoms with Crippen LogP contribution in [0.1, 0.15) is 10.4 Å². The predicted molar refractivity (Wildman–Crippen MR) is 97.0 cm³/mol. The van der Waals surface area contributed by atoms with E-state index < -0.39 is 15.8 Å². The van der Waals surface area contributed by atoms with Gasteiger partial charge in [-0.1, -0.05) is 18.2 Å². The summed E-state index contributed by atoms with van der Waals surface area (Å²) in [4.78, 5) is 11.9. The van der Waals surface area contributed by atoms with Crippen LogP contribution in [0.3, 0.4) is 0 Å². The molecule has 0 atom stereocenters. The average Bonchev–Trinajstić information content (AvgIpc) is 2.63. The standard InChI is InChI=1S/C18H19FN2O4S/c1-2-12-25-13-11-20-18(22)14-7-9-15(10-8-14)26(23,24)21-17-6-4-3-5-16(17)19/h2-10,21H,1,11-13H2,(H,20,22). The Hall–Kier alpha value is -2.71. The van der Waals surface area contributed by atoms with Crippen LogP contribution in [0.15, 0.2) is 66.1 Å². The van der Waals surface area contributed by atoms with E-state index in [1.807, 2.05) is 0 Å². The van der Waals surface area contributed by atoms with Crippen LogP contribution in [-0.2, 0) is 14.8 Å². The van der Waals surface area contributed by atoms with Gasteiger partial charge in [-0.3, -0.25) is 9.52 Å². The fourth-order valence-electron chi connectivity index (χ4n) is 2.04. The molecule has 2 N–H and O–H groups in total. The highest BCUT2D eigenvalue weighted by Gasteiger charge is 2.16. The van der Waals surface area contributed by atoms with Crippen molar-refractivity contribution in [1.82, 2.24) is 5.32 Å². The third kappa shape index (κ3) is 5.40. The number of nitrogens with one attached hydrogen (secondary N) is 2. The molecule has 0 fully saturated rings. The molecule has 6 nitrogen and oxygen atoms in total. The van der Waals surface area contributed by atoms with Gasteiger partial charge in [-0.15, -0.1) is 6.58 Å². The quantitative estimate of drug-likeness (QED) is 0.519. The molecule has 0 spiro atoms. The second kappa shape index (κ2) is 9.12. The number of carbonyl (C=O) groups excluding carboxylic acids is 1. The molecule has 2 rings (SSSR count). The molecule has 26 heavy (non-hydrogen) atoms. The molecular weight excluding hydrogens is 359 g/mol. The molecule has 0 aromatic heterocycles. The van der Waals surface area contributed by atoms with Crippen molar-refractivity contribution in [3.63, 3.8) is 0 Å². The third-order valence-corrected chi connectivity index (χ3v) is 4.69. The van der Waals surface area contributed by atoms with Gasteiger partial charge >= 0.3 is 0 Å². The van der Waals surface area contributed by atoms with Gasteiger partial charge in [0.25, 0.3) is 15.9 Å². The van der Waals surface area contributed by atoms with E-state index in [1.165, 1.54) is 42.5 Å². The van der Waals surface area contributed by atoms with Crippen molar-refractivity contribution in [2.45, 2.75) is 4.90 Å². The minimum atomic E-state index is -3.96. The number of benzene rings is 2. The van der Waals surface area contributed by atoms with Crippen molar-refractivity contribution >= 4 is 21.6 Å². The molecule has 0 saturated heterocycles. The number of hydrogen-bond donors (Lipinski definition) is 2. The van der Waals surface area contributed by atoms with E-state index in [0.29, 0.717) is 25.3 Å². The highest BCUT2D eigenvalue weighted by molar-refractivity contribution is 7.92. The Morgan fingerprint density at radius 2 is 1.85 bits per heavy atom. The summed E-state index contributed by atoms with van der Waals surface area (Å²) in [5, 5.41) is 2.65. The Kier molecular flexibility index (Phi) is 6.88. The summed E-state index contributed by atoms with van der Waals surface area (Å²) >= 11 is 0. The maximum atomic E-state index is 13.6. The van der Waals surface area contributed by atoms with Gasteiger partial charge in [-0.2, -0.15) is 0 Å². The largest absolute Gasteiger partial charge is 0.376 e. The Bertz CT molecular complexity index is 867. The number of halogens is 1. The molecule has 0 aliphatic heterocycles. The Labute approximate surface area is 151 Å². The summed E-state index contributed by atoms with van der Waals surface area (Å²) in [6, 6.07) is 10.8. The van der Waals surface area contributed by atoms with Crippen molar-refractivity contribution in [3.8, 4) is 0 Å². The third-order valence-electron chi connectivity index (χ3n) is 3.31.